The molecule has 97 heavy (non-hydrogen) atoms. The fraction of sp³-hybridized carbons (Fsp3) is 0.726. The number of piperidine rings is 5. The lowest BCUT2D eigenvalue weighted by Gasteiger charge is -2.38. The van der Waals surface area contributed by atoms with Gasteiger partial charge in [0.25, 0.3) is 0 Å². The van der Waals surface area contributed by atoms with Gasteiger partial charge in [-0.15, -0.1) is 0 Å². The average Bonchev–Trinajstić information content (AvgIpc) is 0.849. The molecular formula is C62H93Cl4F9N8O14. The molecule has 0 aromatic heterocycles. The van der Waals surface area contributed by atoms with Gasteiger partial charge in [-0.3, -0.25) is 24.2 Å². The van der Waals surface area contributed by atoms with E-state index in [1.165, 1.54) is 17.0 Å². The number of phenols is 2. The third-order valence-corrected chi connectivity index (χ3v) is 18.1. The summed E-state index contributed by atoms with van der Waals surface area (Å²) in [5.74, 6) is -5.52. The number of likely N-dealkylation sites (tertiary alicyclic amines) is 4. The number of aliphatic hydroxyl groups is 5. The first kappa shape index (κ1) is 86.7. The summed E-state index contributed by atoms with van der Waals surface area (Å²) in [5.41, 5.74) is 5.84. The number of nitrogens with zero attached hydrogens (tertiary/aromatic N) is 4. The van der Waals surface area contributed by atoms with Crippen molar-refractivity contribution < 1.29 is 109 Å². The highest BCUT2D eigenvalue weighted by Crippen LogP contribution is 2.36. The van der Waals surface area contributed by atoms with E-state index >= 15 is 0 Å². The molecule has 0 aliphatic carbocycles. The molecule has 13 N–H and O–H groups in total. The molecule has 0 bridgehead atoms. The molecular weight excluding hydrogens is 1390 g/mol. The second kappa shape index (κ2) is 36.4. The summed E-state index contributed by atoms with van der Waals surface area (Å²) in [6.07, 6.45) is -13.4. The Balaban J connectivity index is 0.000000320. The number of amides is 3. The van der Waals surface area contributed by atoms with Crippen LogP contribution in [0, 0.1) is 0 Å². The number of benzene rings is 2. The molecule has 0 unspecified atom stereocenters. The smallest absolute Gasteiger partial charge is 0.471 e. The predicted molar refractivity (Wildman–Crippen MR) is 344 cm³/mol. The molecule has 2 aromatic carbocycles. The number of ether oxygens (including phenoxy) is 2. The Morgan fingerprint density at radius 3 is 1.09 bits per heavy atom. The third-order valence-electron chi connectivity index (χ3n) is 16.7. The Morgan fingerprint density at radius 2 is 0.784 bits per heavy atom. The maximum atomic E-state index is 12.2. The number of ketones is 2. The molecule has 0 spiro atoms. The molecule has 5 aliphatic rings. The maximum absolute atomic E-state index is 12.2. The highest BCUT2D eigenvalue weighted by atomic mass is 35.5. The molecule has 5 saturated heterocycles. The minimum absolute atomic E-state index is 0.00678. The number of carbonyl (C=O) groups is 5. The van der Waals surface area contributed by atoms with Crippen molar-refractivity contribution in [3.05, 3.63) is 55.5 Å². The Labute approximate surface area is 578 Å². The van der Waals surface area contributed by atoms with Crippen molar-refractivity contribution in [2.45, 2.75) is 202 Å². The summed E-state index contributed by atoms with van der Waals surface area (Å²) in [7, 11) is 0. The van der Waals surface area contributed by atoms with Gasteiger partial charge in [-0.1, -0.05) is 46.4 Å². The standard InChI is InChI=1S/C15H17Cl2F3N2O3.C14H22F3NO4.C13H18Cl2N2O2.C11H22N2O3.C9H14F3NO2/c16-10-5-9(12(23)6-11(10)17)7-22-3-1-14(25,2-4-22)8-21-13(24)15(18,19)20;1-12(2,3)22-11(20)18-8-6-13(21,7-9-18)5-4-10(19)14(15,16)17;14-10-5-9(12(18)6-11(10)15)7-17-3-1-13(19,8-16)2-4-17;1-10(2,3)16-9(14)13-6-4-11(15,8-12)5-7-13;10-9(11,12)7(14)1-2-8(15)3-5-13-6-4-8/h5-6,23,25H,1-4,7-8H2,(H,21,24);21H,4-9H2,1-3H3;5-6,18-19H,1-4,7-8,16H2;15H,4-8,12H2,1-3H3;13,15H,1-6H2. The van der Waals surface area contributed by atoms with Gasteiger partial charge in [0.1, 0.15) is 22.7 Å². The van der Waals surface area contributed by atoms with E-state index < -0.39 is 101 Å². The number of halogens is 13. The van der Waals surface area contributed by atoms with E-state index in [2.05, 4.69) is 10.2 Å². The summed E-state index contributed by atoms with van der Waals surface area (Å²) < 4.78 is 119. The number of nitrogens with one attached hydrogen (secondary N) is 2. The van der Waals surface area contributed by atoms with E-state index in [0.29, 0.717) is 118 Å². The molecule has 5 aliphatic heterocycles. The first-order valence-electron chi connectivity index (χ1n) is 31.4. The van der Waals surface area contributed by atoms with Gasteiger partial charge in [0, 0.05) is 121 Å². The van der Waals surface area contributed by atoms with Crippen LogP contribution in [0.2, 0.25) is 20.1 Å². The van der Waals surface area contributed by atoms with Gasteiger partial charge < -0.3 is 77.1 Å². The van der Waals surface area contributed by atoms with Crippen LogP contribution in [0.1, 0.15) is 143 Å². The molecule has 3 amide bonds. The van der Waals surface area contributed by atoms with Crippen molar-refractivity contribution in [3.8, 4) is 11.5 Å². The number of hydrogen-bond donors (Lipinski definition) is 11. The van der Waals surface area contributed by atoms with Crippen LogP contribution in [0.4, 0.5) is 49.1 Å². The maximum Gasteiger partial charge on any atom is 0.471 e. The molecule has 0 radical (unpaired) electrons. The van der Waals surface area contributed by atoms with Crippen molar-refractivity contribution in [1.82, 2.24) is 30.2 Å². The van der Waals surface area contributed by atoms with E-state index in [4.69, 9.17) is 67.3 Å². The fourth-order valence-corrected chi connectivity index (χ4v) is 11.0. The summed E-state index contributed by atoms with van der Waals surface area (Å²) in [4.78, 5) is 62.9. The van der Waals surface area contributed by atoms with Gasteiger partial charge in [-0.2, -0.15) is 39.5 Å². The lowest BCUT2D eigenvalue weighted by molar-refractivity contribution is -0.174. The second-order valence-electron chi connectivity index (χ2n) is 27.1. The number of carbonyl (C=O) groups excluding carboxylic acids is 5. The Hall–Kier alpha value is -4.48. The molecule has 22 nitrogen and oxygen atoms in total. The quantitative estimate of drug-likeness (QED) is 0.0785. The van der Waals surface area contributed by atoms with Gasteiger partial charge >= 0.3 is 36.6 Å². The number of Topliss-reactive ketones (excluding diaryl/α,β-unsaturated/α-hetero) is 2. The molecule has 0 saturated carbocycles. The molecule has 556 valence electrons. The van der Waals surface area contributed by atoms with Crippen LogP contribution in [0.15, 0.2) is 24.3 Å². The summed E-state index contributed by atoms with van der Waals surface area (Å²) in [5, 5.41) is 76.1. The second-order valence-corrected chi connectivity index (χ2v) is 28.7. The van der Waals surface area contributed by atoms with Crippen molar-refractivity contribution >= 4 is 76.1 Å². The Morgan fingerprint density at radius 1 is 0.485 bits per heavy atom. The van der Waals surface area contributed by atoms with Crippen LogP contribution < -0.4 is 22.1 Å². The summed E-state index contributed by atoms with van der Waals surface area (Å²) in [6.45, 7) is 16.5. The van der Waals surface area contributed by atoms with E-state index in [9.17, 15) is 99.2 Å². The summed E-state index contributed by atoms with van der Waals surface area (Å²) >= 11 is 23.5. The lowest BCUT2D eigenvalue weighted by Crippen LogP contribution is -2.52. The van der Waals surface area contributed by atoms with Crippen molar-refractivity contribution in [2.75, 3.05) is 85.1 Å². The van der Waals surface area contributed by atoms with Crippen LogP contribution in [-0.4, -0.2) is 228 Å². The van der Waals surface area contributed by atoms with Gasteiger partial charge in [-0.25, -0.2) is 9.59 Å². The van der Waals surface area contributed by atoms with Gasteiger partial charge in [-0.05, 0) is 144 Å². The average molecular weight is 1490 g/mol. The Kier molecular flexibility index (Phi) is 32.6. The topological polar surface area (TPSA) is 334 Å². The van der Waals surface area contributed by atoms with Crippen molar-refractivity contribution in [3.63, 3.8) is 0 Å². The number of rotatable bonds is 14. The molecule has 0 atom stereocenters. The minimum atomic E-state index is -4.97. The molecule has 7 rings (SSSR count). The van der Waals surface area contributed by atoms with Crippen LogP contribution in [0.25, 0.3) is 0 Å². The zero-order chi connectivity index (χ0) is 74.0. The fourth-order valence-electron chi connectivity index (χ4n) is 10.3. The highest BCUT2D eigenvalue weighted by molar-refractivity contribution is 6.42. The molecule has 2 aromatic rings. The molecule has 35 heteroatoms. The van der Waals surface area contributed by atoms with Crippen molar-refractivity contribution in [2.24, 2.45) is 11.5 Å². The van der Waals surface area contributed by atoms with E-state index in [-0.39, 0.29) is 80.8 Å². The minimum Gasteiger partial charge on any atom is -0.508 e. The monoisotopic (exact) mass is 1480 g/mol. The number of alkyl halides is 9. The first-order chi connectivity index (χ1) is 44.3. The van der Waals surface area contributed by atoms with E-state index in [0.717, 1.165) is 18.7 Å². The van der Waals surface area contributed by atoms with Gasteiger partial charge in [0.05, 0.1) is 48.1 Å². The van der Waals surface area contributed by atoms with Gasteiger partial charge in [0.2, 0.25) is 11.6 Å². The van der Waals surface area contributed by atoms with Gasteiger partial charge in [0.15, 0.2) is 0 Å². The number of hydrogen-bond acceptors (Lipinski definition) is 19. The Bertz CT molecular complexity index is 2890. The summed E-state index contributed by atoms with van der Waals surface area (Å²) in [6, 6.07) is 6.03. The number of aromatic hydroxyl groups is 2. The zero-order valence-corrected chi connectivity index (χ0v) is 58.2. The lowest BCUT2D eigenvalue weighted by atomic mass is 9.86. The molecule has 5 fully saturated rings. The van der Waals surface area contributed by atoms with Crippen LogP contribution in [0.3, 0.4) is 0 Å². The highest BCUT2D eigenvalue weighted by Gasteiger charge is 2.44. The number of phenolic OH excluding ortho intramolecular Hbond substituents is 2. The zero-order valence-electron chi connectivity index (χ0n) is 55.2. The normalized spacial score (nSPS) is 19.5. The third kappa shape index (κ3) is 31.1. The number of nitrogens with two attached hydrogens (primary N) is 2. The first-order valence-corrected chi connectivity index (χ1v) is 32.9. The predicted octanol–water partition coefficient (Wildman–Crippen LogP) is 9.07. The SMILES string of the molecule is CC(C)(C)OC(=O)N1CCC(O)(CCC(=O)C(F)(F)F)CC1.CC(C)(C)OC(=O)N1CCC(O)(CN)CC1.NCC1(O)CCN(Cc2cc(Cl)c(Cl)cc2O)CC1.O=C(CCC1(O)CCNCC1)C(F)(F)F.O=C(NCC1(O)CCN(Cc2cc(Cl)c(Cl)cc2O)CC1)C(F)(F)F. The largest absolute Gasteiger partial charge is 0.508 e. The van der Waals surface area contributed by atoms with E-state index in [1.807, 2.05) is 25.7 Å². The van der Waals surface area contributed by atoms with Crippen molar-refractivity contribution in [1.29, 1.82) is 0 Å². The van der Waals surface area contributed by atoms with Crippen LogP contribution in [-0.2, 0) is 36.9 Å². The van der Waals surface area contributed by atoms with E-state index in [1.54, 1.807) is 43.1 Å². The van der Waals surface area contributed by atoms with Crippen LogP contribution >= 0.6 is 46.4 Å². The molecule has 5 heterocycles. The van der Waals surface area contributed by atoms with Crippen LogP contribution in [0.5, 0.6) is 11.5 Å².